The van der Waals surface area contributed by atoms with Crippen LogP contribution in [-0.2, 0) is 16.6 Å². The minimum atomic E-state index is -1.28. The van der Waals surface area contributed by atoms with Crippen LogP contribution in [0.15, 0.2) is 24.4 Å². The van der Waals surface area contributed by atoms with E-state index < -0.39 is 12.1 Å². The van der Waals surface area contributed by atoms with Crippen LogP contribution in [-0.4, -0.2) is 22.8 Å². The minimum Gasteiger partial charge on any atom is -0.467 e. The molecule has 0 fully saturated rings. The zero-order valence-corrected chi connectivity index (χ0v) is 10.2. The highest BCUT2D eigenvalue weighted by atomic mass is 35.5. The maximum atomic E-state index is 11.2. The van der Waals surface area contributed by atoms with Gasteiger partial charge in [0.1, 0.15) is 0 Å². The van der Waals surface area contributed by atoms with Crippen molar-refractivity contribution in [1.82, 2.24) is 4.57 Å². The van der Waals surface area contributed by atoms with Gasteiger partial charge in [-0.05, 0) is 17.7 Å². The fourth-order valence-electron chi connectivity index (χ4n) is 1.78. The number of benzene rings is 1. The number of carbonyl (C=O) groups is 1. The van der Waals surface area contributed by atoms with Gasteiger partial charge in [0.05, 0.1) is 12.1 Å². The predicted octanol–water partition coefficient (Wildman–Crippen LogP) is 2.04. The van der Waals surface area contributed by atoms with Crippen LogP contribution in [0.4, 0.5) is 0 Å². The second-order valence-electron chi connectivity index (χ2n) is 3.79. The average molecular weight is 254 g/mol. The minimum absolute atomic E-state index is 0.470. The summed E-state index contributed by atoms with van der Waals surface area (Å²) in [5, 5.41) is 11.1. The summed E-state index contributed by atoms with van der Waals surface area (Å²) in [5.41, 5.74) is 1.41. The molecule has 17 heavy (non-hydrogen) atoms. The number of aromatic nitrogens is 1. The Hall–Kier alpha value is -1.52. The molecule has 0 aliphatic carbocycles. The van der Waals surface area contributed by atoms with Crippen LogP contribution in [0.2, 0.25) is 5.02 Å². The summed E-state index contributed by atoms with van der Waals surface area (Å²) in [6.45, 7) is 0. The monoisotopic (exact) mass is 253 g/mol. The Morgan fingerprint density at radius 2 is 2.24 bits per heavy atom. The van der Waals surface area contributed by atoms with E-state index in [1.165, 1.54) is 7.11 Å². The normalized spacial score (nSPS) is 12.7. The summed E-state index contributed by atoms with van der Waals surface area (Å²) in [6.07, 6.45) is 0.501. The number of fused-ring (bicyclic) bond motifs is 1. The van der Waals surface area contributed by atoms with Crippen molar-refractivity contribution < 1.29 is 14.6 Å². The Bertz CT molecular complexity index is 576. The molecule has 1 N–H and O–H groups in total. The zero-order chi connectivity index (χ0) is 12.6. The van der Waals surface area contributed by atoms with E-state index in [-0.39, 0.29) is 0 Å². The molecule has 0 spiro atoms. The molecule has 90 valence electrons. The summed E-state index contributed by atoms with van der Waals surface area (Å²) in [5.74, 6) is -0.684. The number of nitrogens with zero attached hydrogens (tertiary/aromatic N) is 1. The van der Waals surface area contributed by atoms with Crippen LogP contribution in [0.1, 0.15) is 11.7 Å². The van der Waals surface area contributed by atoms with Gasteiger partial charge >= 0.3 is 5.97 Å². The number of halogens is 1. The van der Waals surface area contributed by atoms with Gasteiger partial charge in [0, 0.05) is 24.1 Å². The van der Waals surface area contributed by atoms with Crippen LogP contribution < -0.4 is 0 Å². The first-order chi connectivity index (χ1) is 8.04. The number of aliphatic hydroxyl groups is 1. The highest BCUT2D eigenvalue weighted by Crippen LogP contribution is 2.28. The van der Waals surface area contributed by atoms with E-state index in [1.54, 1.807) is 18.3 Å². The van der Waals surface area contributed by atoms with E-state index in [4.69, 9.17) is 11.6 Å². The maximum absolute atomic E-state index is 11.2. The van der Waals surface area contributed by atoms with Crippen LogP contribution in [0.5, 0.6) is 0 Å². The van der Waals surface area contributed by atoms with Crippen LogP contribution in [0.3, 0.4) is 0 Å². The van der Waals surface area contributed by atoms with Crippen molar-refractivity contribution in [2.24, 2.45) is 7.05 Å². The van der Waals surface area contributed by atoms with E-state index in [9.17, 15) is 9.90 Å². The molecule has 0 aliphatic rings. The SMILES string of the molecule is COC(=O)C(O)c1ccc2c(c1)c(Cl)cn2C. The molecule has 1 heterocycles. The van der Waals surface area contributed by atoms with Crippen LogP contribution >= 0.6 is 11.6 Å². The largest absolute Gasteiger partial charge is 0.467 e. The van der Waals surface area contributed by atoms with Crippen molar-refractivity contribution in [3.05, 3.63) is 35.0 Å². The third-order valence-corrected chi connectivity index (χ3v) is 3.01. The van der Waals surface area contributed by atoms with Gasteiger partial charge in [-0.25, -0.2) is 4.79 Å². The lowest BCUT2D eigenvalue weighted by atomic mass is 10.1. The number of carbonyl (C=O) groups excluding carboxylic acids is 1. The number of hydrogen-bond donors (Lipinski definition) is 1. The van der Waals surface area contributed by atoms with Gasteiger partial charge in [-0.15, -0.1) is 0 Å². The molecule has 2 aromatic rings. The number of methoxy groups -OCH3 is 1. The quantitative estimate of drug-likeness (QED) is 0.834. The number of aliphatic hydroxyl groups excluding tert-OH is 1. The summed E-state index contributed by atoms with van der Waals surface area (Å²) in [6, 6.07) is 5.18. The van der Waals surface area contributed by atoms with Crippen molar-refractivity contribution in [2.75, 3.05) is 7.11 Å². The maximum Gasteiger partial charge on any atom is 0.339 e. The standard InChI is InChI=1S/C12H12ClNO3/c1-14-6-9(13)8-5-7(3-4-10(8)14)11(15)12(16)17-2/h3-6,11,15H,1-2H3. The molecule has 0 radical (unpaired) electrons. The van der Waals surface area contributed by atoms with Crippen LogP contribution in [0, 0.1) is 0 Å². The third-order valence-electron chi connectivity index (χ3n) is 2.71. The van der Waals surface area contributed by atoms with E-state index >= 15 is 0 Å². The molecule has 0 saturated heterocycles. The molecule has 0 saturated carbocycles. The van der Waals surface area contributed by atoms with E-state index in [2.05, 4.69) is 4.74 Å². The molecule has 0 bridgehead atoms. The Kier molecular flexibility index (Phi) is 3.09. The molecule has 2 rings (SSSR count). The van der Waals surface area contributed by atoms with E-state index in [1.807, 2.05) is 17.7 Å². The van der Waals surface area contributed by atoms with Gasteiger partial charge in [-0.1, -0.05) is 17.7 Å². The van der Waals surface area contributed by atoms with Crippen molar-refractivity contribution in [3.8, 4) is 0 Å². The Morgan fingerprint density at radius 1 is 1.53 bits per heavy atom. The average Bonchev–Trinajstić information content (AvgIpc) is 2.62. The summed E-state index contributed by atoms with van der Waals surface area (Å²) in [7, 11) is 3.12. The smallest absolute Gasteiger partial charge is 0.339 e. The fourth-order valence-corrected chi connectivity index (χ4v) is 2.08. The Labute approximate surface area is 103 Å². The second-order valence-corrected chi connectivity index (χ2v) is 4.20. The summed E-state index contributed by atoms with van der Waals surface area (Å²) >= 11 is 6.05. The number of aryl methyl sites for hydroxylation is 1. The molecule has 0 amide bonds. The lowest BCUT2D eigenvalue weighted by Gasteiger charge is -2.08. The molecular weight excluding hydrogens is 242 g/mol. The molecule has 1 aromatic heterocycles. The van der Waals surface area contributed by atoms with Crippen molar-refractivity contribution in [1.29, 1.82) is 0 Å². The fraction of sp³-hybridized carbons (Fsp3) is 0.250. The summed E-state index contributed by atoms with van der Waals surface area (Å²) in [4.78, 5) is 11.2. The van der Waals surface area contributed by atoms with Gasteiger partial charge in [0.2, 0.25) is 0 Å². The first-order valence-electron chi connectivity index (χ1n) is 5.05. The highest BCUT2D eigenvalue weighted by molar-refractivity contribution is 6.35. The topological polar surface area (TPSA) is 51.5 Å². The van der Waals surface area contributed by atoms with Crippen molar-refractivity contribution >= 4 is 28.5 Å². The lowest BCUT2D eigenvalue weighted by Crippen LogP contribution is -2.13. The van der Waals surface area contributed by atoms with E-state index in [0.717, 1.165) is 10.9 Å². The molecule has 1 atom stereocenters. The van der Waals surface area contributed by atoms with Gasteiger partial charge in [0.15, 0.2) is 6.10 Å². The molecule has 1 aromatic carbocycles. The summed E-state index contributed by atoms with van der Waals surface area (Å²) < 4.78 is 6.37. The van der Waals surface area contributed by atoms with Crippen molar-refractivity contribution in [2.45, 2.75) is 6.10 Å². The highest BCUT2D eigenvalue weighted by Gasteiger charge is 2.18. The van der Waals surface area contributed by atoms with Gasteiger partial charge in [-0.3, -0.25) is 0 Å². The first-order valence-corrected chi connectivity index (χ1v) is 5.42. The first kappa shape index (κ1) is 12.0. The number of rotatable bonds is 2. The van der Waals surface area contributed by atoms with Gasteiger partial charge < -0.3 is 14.4 Å². The number of ether oxygens (including phenoxy) is 1. The lowest BCUT2D eigenvalue weighted by molar-refractivity contribution is -0.150. The molecule has 0 aliphatic heterocycles. The predicted molar refractivity (Wildman–Crippen MR) is 64.9 cm³/mol. The van der Waals surface area contributed by atoms with Crippen molar-refractivity contribution in [3.63, 3.8) is 0 Å². The third kappa shape index (κ3) is 2.01. The molecule has 5 heteroatoms. The van der Waals surface area contributed by atoms with Gasteiger partial charge in [-0.2, -0.15) is 0 Å². The van der Waals surface area contributed by atoms with E-state index in [0.29, 0.717) is 10.6 Å². The zero-order valence-electron chi connectivity index (χ0n) is 9.48. The van der Waals surface area contributed by atoms with Gasteiger partial charge in [0.25, 0.3) is 0 Å². The van der Waals surface area contributed by atoms with Crippen LogP contribution in [0.25, 0.3) is 10.9 Å². The number of hydrogen-bond acceptors (Lipinski definition) is 3. The second kappa shape index (κ2) is 4.39. The molecular formula is C12H12ClNO3. The number of esters is 1. The Morgan fingerprint density at radius 3 is 2.88 bits per heavy atom. The molecule has 1 unspecified atom stereocenters. The Balaban J connectivity index is 2.51. The molecule has 4 nitrogen and oxygen atoms in total.